The third kappa shape index (κ3) is 3.30. The van der Waals surface area contributed by atoms with Crippen LogP contribution in [0.2, 0.25) is 0 Å². The Hall–Kier alpha value is -0.700. The first-order valence-corrected chi connectivity index (χ1v) is 9.65. The molecule has 0 aliphatic heterocycles. The molecule has 1 saturated carbocycles. The van der Waals surface area contributed by atoms with Gasteiger partial charge in [-0.1, -0.05) is 6.92 Å². The van der Waals surface area contributed by atoms with Gasteiger partial charge < -0.3 is 0 Å². The Morgan fingerprint density at radius 3 is 2.30 bits per heavy atom. The normalized spacial score (nSPS) is 23.4. The standard InChI is InChI=1S/C11H13ClFNO4S2/c1-7-4-8(5-7)14-20(17,18)11-3-2-9(6-10(11)13)19(12,15)16/h2-3,6-8,14H,4-5H2,1H3. The summed E-state index contributed by atoms with van der Waals surface area (Å²) in [5, 5.41) is 0. The molecule has 1 aliphatic rings. The number of halogens is 2. The SMILES string of the molecule is CC1CC(NS(=O)(=O)c2ccc(S(=O)(=O)Cl)cc2F)C1. The smallest absolute Gasteiger partial charge is 0.208 e. The van der Waals surface area contributed by atoms with Crippen LogP contribution in [0.4, 0.5) is 4.39 Å². The van der Waals surface area contributed by atoms with Crippen LogP contribution in [-0.4, -0.2) is 22.9 Å². The first-order chi connectivity index (χ1) is 9.09. The maximum atomic E-state index is 13.8. The van der Waals surface area contributed by atoms with Gasteiger partial charge in [0.05, 0.1) is 4.90 Å². The maximum absolute atomic E-state index is 13.8. The van der Waals surface area contributed by atoms with Gasteiger partial charge in [-0.2, -0.15) is 0 Å². The fourth-order valence-corrected chi connectivity index (χ4v) is 4.22. The Morgan fingerprint density at radius 2 is 1.85 bits per heavy atom. The zero-order valence-corrected chi connectivity index (χ0v) is 12.9. The molecule has 1 fully saturated rings. The minimum atomic E-state index is -4.09. The van der Waals surface area contributed by atoms with Gasteiger partial charge >= 0.3 is 0 Å². The number of benzene rings is 1. The van der Waals surface area contributed by atoms with E-state index >= 15 is 0 Å². The molecular formula is C11H13ClFNO4S2. The van der Waals surface area contributed by atoms with E-state index in [1.165, 1.54) is 0 Å². The molecule has 0 unspecified atom stereocenters. The Balaban J connectivity index is 2.28. The minimum Gasteiger partial charge on any atom is -0.208 e. The van der Waals surface area contributed by atoms with Gasteiger partial charge in [0.25, 0.3) is 9.05 Å². The topological polar surface area (TPSA) is 80.3 Å². The van der Waals surface area contributed by atoms with Gasteiger partial charge in [-0.3, -0.25) is 0 Å². The van der Waals surface area contributed by atoms with Crippen LogP contribution in [0, 0.1) is 11.7 Å². The molecule has 2 rings (SSSR count). The van der Waals surface area contributed by atoms with E-state index in [1.807, 2.05) is 6.92 Å². The molecule has 0 radical (unpaired) electrons. The summed E-state index contributed by atoms with van der Waals surface area (Å²) in [6.45, 7) is 1.99. The molecule has 0 spiro atoms. The summed E-state index contributed by atoms with van der Waals surface area (Å²) in [7, 11) is -3.02. The molecule has 0 amide bonds. The average Bonchev–Trinajstić information content (AvgIpc) is 2.24. The number of hydrogen-bond acceptors (Lipinski definition) is 4. The first kappa shape index (κ1) is 15.7. The lowest BCUT2D eigenvalue weighted by Gasteiger charge is -2.32. The summed E-state index contributed by atoms with van der Waals surface area (Å²) in [6.07, 6.45) is 1.41. The van der Waals surface area contributed by atoms with Gasteiger partial charge in [0, 0.05) is 16.7 Å². The van der Waals surface area contributed by atoms with Crippen molar-refractivity contribution in [3.05, 3.63) is 24.0 Å². The fourth-order valence-electron chi connectivity index (χ4n) is 2.13. The first-order valence-electron chi connectivity index (χ1n) is 5.86. The molecular weight excluding hydrogens is 329 g/mol. The van der Waals surface area contributed by atoms with Gasteiger partial charge in [0.15, 0.2) is 0 Å². The van der Waals surface area contributed by atoms with Gasteiger partial charge in [0.2, 0.25) is 10.0 Å². The third-order valence-electron chi connectivity index (χ3n) is 3.17. The van der Waals surface area contributed by atoms with Crippen LogP contribution in [0.3, 0.4) is 0 Å². The van der Waals surface area contributed by atoms with Crippen LogP contribution in [-0.2, 0) is 19.1 Å². The van der Waals surface area contributed by atoms with Crippen LogP contribution < -0.4 is 4.72 Å². The van der Waals surface area contributed by atoms with Crippen molar-refractivity contribution in [2.75, 3.05) is 0 Å². The molecule has 0 atom stereocenters. The molecule has 0 aromatic heterocycles. The van der Waals surface area contributed by atoms with E-state index in [4.69, 9.17) is 10.7 Å². The summed E-state index contributed by atoms with van der Waals surface area (Å²) in [5.41, 5.74) is 0. The van der Waals surface area contributed by atoms with Crippen LogP contribution in [0.5, 0.6) is 0 Å². The molecule has 1 N–H and O–H groups in total. The molecule has 20 heavy (non-hydrogen) atoms. The lowest BCUT2D eigenvalue weighted by Crippen LogP contribution is -2.43. The fraction of sp³-hybridized carbons (Fsp3) is 0.455. The Bertz CT molecular complexity index is 727. The van der Waals surface area contributed by atoms with E-state index < -0.39 is 34.7 Å². The van der Waals surface area contributed by atoms with Crippen molar-refractivity contribution >= 4 is 29.8 Å². The average molecular weight is 342 g/mol. The third-order valence-corrected chi connectivity index (χ3v) is 6.08. The predicted molar refractivity (Wildman–Crippen MR) is 71.9 cm³/mol. The lowest BCUT2D eigenvalue weighted by molar-refractivity contribution is 0.270. The highest BCUT2D eigenvalue weighted by Gasteiger charge is 2.31. The zero-order valence-electron chi connectivity index (χ0n) is 10.5. The van der Waals surface area contributed by atoms with Crippen LogP contribution in [0.15, 0.2) is 28.0 Å². The highest BCUT2D eigenvalue weighted by Crippen LogP contribution is 2.28. The van der Waals surface area contributed by atoms with Gasteiger partial charge in [-0.15, -0.1) is 0 Å². The van der Waals surface area contributed by atoms with Gasteiger partial charge in [-0.05, 0) is 37.0 Å². The summed E-state index contributed by atoms with van der Waals surface area (Å²) in [5.74, 6) is -0.706. The van der Waals surface area contributed by atoms with E-state index in [2.05, 4.69) is 4.72 Å². The molecule has 5 nitrogen and oxygen atoms in total. The van der Waals surface area contributed by atoms with Crippen molar-refractivity contribution in [3.8, 4) is 0 Å². The summed E-state index contributed by atoms with van der Waals surface area (Å²) >= 11 is 0. The molecule has 1 aromatic rings. The van der Waals surface area contributed by atoms with Crippen LogP contribution in [0.25, 0.3) is 0 Å². The number of sulfonamides is 1. The maximum Gasteiger partial charge on any atom is 0.261 e. The summed E-state index contributed by atoms with van der Waals surface area (Å²) < 4.78 is 62.2. The van der Waals surface area contributed by atoms with E-state index in [0.717, 1.165) is 12.1 Å². The van der Waals surface area contributed by atoms with Crippen molar-refractivity contribution in [2.45, 2.75) is 35.6 Å². The van der Waals surface area contributed by atoms with Gasteiger partial charge in [0.1, 0.15) is 10.7 Å². The second kappa shape index (κ2) is 5.25. The zero-order chi connectivity index (χ0) is 15.1. The molecule has 112 valence electrons. The monoisotopic (exact) mass is 341 g/mol. The Labute approximate surface area is 121 Å². The van der Waals surface area contributed by atoms with Crippen molar-refractivity contribution in [1.82, 2.24) is 4.72 Å². The highest BCUT2D eigenvalue weighted by molar-refractivity contribution is 8.13. The number of nitrogens with one attached hydrogen (secondary N) is 1. The highest BCUT2D eigenvalue weighted by atomic mass is 35.7. The second-order valence-electron chi connectivity index (χ2n) is 4.92. The molecule has 9 heteroatoms. The Morgan fingerprint density at radius 1 is 1.25 bits per heavy atom. The summed E-state index contributed by atoms with van der Waals surface area (Å²) in [4.78, 5) is -1.06. The molecule has 0 saturated heterocycles. The molecule has 1 aliphatic carbocycles. The van der Waals surface area contributed by atoms with Crippen LogP contribution >= 0.6 is 10.7 Å². The Kier molecular flexibility index (Phi) is 4.12. The molecule has 0 bridgehead atoms. The van der Waals surface area contributed by atoms with E-state index in [-0.39, 0.29) is 6.04 Å². The van der Waals surface area contributed by atoms with E-state index in [9.17, 15) is 21.2 Å². The van der Waals surface area contributed by atoms with Crippen LogP contribution in [0.1, 0.15) is 19.8 Å². The van der Waals surface area contributed by atoms with E-state index in [0.29, 0.717) is 24.8 Å². The quantitative estimate of drug-likeness (QED) is 0.847. The van der Waals surface area contributed by atoms with Crippen molar-refractivity contribution in [3.63, 3.8) is 0 Å². The number of rotatable bonds is 4. The largest absolute Gasteiger partial charge is 0.261 e. The number of hydrogen-bond donors (Lipinski definition) is 1. The lowest BCUT2D eigenvalue weighted by atomic mass is 9.83. The van der Waals surface area contributed by atoms with E-state index in [1.54, 1.807) is 0 Å². The van der Waals surface area contributed by atoms with Crippen molar-refractivity contribution < 1.29 is 21.2 Å². The van der Waals surface area contributed by atoms with Gasteiger partial charge in [-0.25, -0.2) is 25.9 Å². The van der Waals surface area contributed by atoms with Crippen molar-refractivity contribution in [1.29, 1.82) is 0 Å². The predicted octanol–water partition coefficient (Wildman–Crippen LogP) is 1.83. The molecule has 1 aromatic carbocycles. The minimum absolute atomic E-state index is 0.203. The molecule has 0 heterocycles. The summed E-state index contributed by atoms with van der Waals surface area (Å²) in [6, 6.07) is 2.25. The van der Waals surface area contributed by atoms with Crippen molar-refractivity contribution in [2.24, 2.45) is 5.92 Å². The second-order valence-corrected chi connectivity index (χ2v) is 9.17.